The van der Waals surface area contributed by atoms with E-state index in [1.165, 1.54) is 16.9 Å². The Labute approximate surface area is 128 Å². The predicted octanol–water partition coefficient (Wildman–Crippen LogP) is 3.04. The first kappa shape index (κ1) is 15.3. The SMILES string of the molecule is Cc1ccc(C(=O)NCC(=O)Nc2ccc(C)c(C)c2)s1. The van der Waals surface area contributed by atoms with E-state index < -0.39 is 0 Å². The Morgan fingerprint density at radius 2 is 1.81 bits per heavy atom. The van der Waals surface area contributed by atoms with Crippen LogP contribution < -0.4 is 10.6 Å². The minimum atomic E-state index is -0.236. The summed E-state index contributed by atoms with van der Waals surface area (Å²) in [5.41, 5.74) is 3.03. The van der Waals surface area contributed by atoms with Crippen LogP contribution in [0.3, 0.4) is 0 Å². The zero-order chi connectivity index (χ0) is 15.4. The summed E-state index contributed by atoms with van der Waals surface area (Å²) in [4.78, 5) is 25.3. The first-order valence-electron chi connectivity index (χ1n) is 6.67. The molecule has 21 heavy (non-hydrogen) atoms. The second-order valence-corrected chi connectivity index (χ2v) is 6.23. The molecule has 2 amide bonds. The van der Waals surface area contributed by atoms with E-state index in [1.54, 1.807) is 6.07 Å². The van der Waals surface area contributed by atoms with Crippen molar-refractivity contribution in [1.29, 1.82) is 0 Å². The van der Waals surface area contributed by atoms with Gasteiger partial charge in [-0.3, -0.25) is 9.59 Å². The Bertz CT molecular complexity index is 677. The van der Waals surface area contributed by atoms with Gasteiger partial charge in [-0.25, -0.2) is 0 Å². The number of hydrogen-bond acceptors (Lipinski definition) is 3. The van der Waals surface area contributed by atoms with Crippen molar-refractivity contribution >= 4 is 28.8 Å². The monoisotopic (exact) mass is 302 g/mol. The van der Waals surface area contributed by atoms with Gasteiger partial charge in [0.15, 0.2) is 0 Å². The molecule has 0 spiro atoms. The summed E-state index contributed by atoms with van der Waals surface area (Å²) in [6.45, 7) is 5.91. The molecule has 1 aromatic heterocycles. The van der Waals surface area contributed by atoms with E-state index in [2.05, 4.69) is 10.6 Å². The van der Waals surface area contributed by atoms with Crippen LogP contribution in [0.5, 0.6) is 0 Å². The molecule has 2 rings (SSSR count). The molecule has 110 valence electrons. The van der Waals surface area contributed by atoms with Crippen LogP contribution in [0.1, 0.15) is 25.7 Å². The van der Waals surface area contributed by atoms with Gasteiger partial charge in [0.25, 0.3) is 5.91 Å². The highest BCUT2D eigenvalue weighted by molar-refractivity contribution is 7.13. The predicted molar refractivity (Wildman–Crippen MR) is 85.9 cm³/mol. The normalized spacial score (nSPS) is 10.2. The van der Waals surface area contributed by atoms with Crippen molar-refractivity contribution in [3.63, 3.8) is 0 Å². The van der Waals surface area contributed by atoms with Crippen molar-refractivity contribution in [3.05, 3.63) is 51.2 Å². The lowest BCUT2D eigenvalue weighted by atomic mass is 10.1. The maximum absolute atomic E-state index is 11.8. The lowest BCUT2D eigenvalue weighted by Gasteiger charge is -2.08. The molecule has 1 heterocycles. The average Bonchev–Trinajstić information content (AvgIpc) is 2.87. The summed E-state index contributed by atoms with van der Waals surface area (Å²) in [5, 5.41) is 5.39. The highest BCUT2D eigenvalue weighted by atomic mass is 32.1. The fourth-order valence-corrected chi connectivity index (χ4v) is 2.61. The zero-order valence-corrected chi connectivity index (χ0v) is 13.1. The number of hydrogen-bond donors (Lipinski definition) is 2. The Kier molecular flexibility index (Phi) is 4.75. The Morgan fingerprint density at radius 3 is 2.43 bits per heavy atom. The Morgan fingerprint density at radius 1 is 1.05 bits per heavy atom. The van der Waals surface area contributed by atoms with Crippen LogP contribution in [0, 0.1) is 20.8 Å². The summed E-state index contributed by atoms with van der Waals surface area (Å²) in [7, 11) is 0. The lowest BCUT2D eigenvalue weighted by molar-refractivity contribution is -0.115. The molecule has 5 heteroatoms. The number of carbonyl (C=O) groups excluding carboxylic acids is 2. The highest BCUT2D eigenvalue weighted by Gasteiger charge is 2.10. The van der Waals surface area contributed by atoms with Crippen LogP contribution in [0.15, 0.2) is 30.3 Å². The standard InChI is InChI=1S/C16H18N2O2S/c1-10-4-6-13(8-11(10)2)18-15(19)9-17-16(20)14-7-5-12(3)21-14/h4-8H,9H2,1-3H3,(H,17,20)(H,18,19). The number of anilines is 1. The van der Waals surface area contributed by atoms with E-state index in [-0.39, 0.29) is 18.4 Å². The van der Waals surface area contributed by atoms with Crippen LogP contribution in [-0.2, 0) is 4.79 Å². The molecule has 0 aliphatic carbocycles. The van der Waals surface area contributed by atoms with Gasteiger partial charge in [0, 0.05) is 10.6 Å². The highest BCUT2D eigenvalue weighted by Crippen LogP contribution is 2.15. The largest absolute Gasteiger partial charge is 0.342 e. The van der Waals surface area contributed by atoms with Crippen LogP contribution in [-0.4, -0.2) is 18.4 Å². The van der Waals surface area contributed by atoms with Crippen molar-refractivity contribution in [1.82, 2.24) is 5.32 Å². The molecular weight excluding hydrogens is 284 g/mol. The molecule has 0 aliphatic heterocycles. The van der Waals surface area contributed by atoms with Gasteiger partial charge in [0.1, 0.15) is 0 Å². The van der Waals surface area contributed by atoms with Crippen molar-refractivity contribution < 1.29 is 9.59 Å². The molecule has 0 unspecified atom stereocenters. The van der Waals surface area contributed by atoms with E-state index in [0.717, 1.165) is 16.1 Å². The lowest BCUT2D eigenvalue weighted by Crippen LogP contribution is -2.32. The van der Waals surface area contributed by atoms with E-state index in [0.29, 0.717) is 4.88 Å². The summed E-state index contributed by atoms with van der Waals surface area (Å²) >= 11 is 1.41. The summed E-state index contributed by atoms with van der Waals surface area (Å²) in [6, 6.07) is 9.37. The van der Waals surface area contributed by atoms with Gasteiger partial charge in [0.05, 0.1) is 11.4 Å². The molecule has 0 radical (unpaired) electrons. The molecule has 0 fully saturated rings. The molecule has 0 saturated carbocycles. The van der Waals surface area contributed by atoms with E-state index >= 15 is 0 Å². The maximum Gasteiger partial charge on any atom is 0.261 e. The first-order chi connectivity index (χ1) is 9.95. The summed E-state index contributed by atoms with van der Waals surface area (Å²) < 4.78 is 0. The van der Waals surface area contributed by atoms with Crippen LogP contribution in [0.4, 0.5) is 5.69 Å². The van der Waals surface area contributed by atoms with Gasteiger partial charge in [-0.15, -0.1) is 11.3 Å². The molecular formula is C16H18N2O2S. The molecule has 0 saturated heterocycles. The third kappa shape index (κ3) is 4.16. The molecule has 4 nitrogen and oxygen atoms in total. The summed E-state index contributed by atoms with van der Waals surface area (Å²) in [5.74, 6) is -0.455. The second-order valence-electron chi connectivity index (χ2n) is 4.94. The van der Waals surface area contributed by atoms with Gasteiger partial charge in [-0.1, -0.05) is 6.07 Å². The third-order valence-corrected chi connectivity index (χ3v) is 4.16. The van der Waals surface area contributed by atoms with Gasteiger partial charge >= 0.3 is 0 Å². The Balaban J connectivity index is 1.87. The quantitative estimate of drug-likeness (QED) is 0.912. The number of nitrogens with one attached hydrogen (secondary N) is 2. The summed E-state index contributed by atoms with van der Waals surface area (Å²) in [6.07, 6.45) is 0. The first-order valence-corrected chi connectivity index (χ1v) is 7.49. The number of carbonyl (C=O) groups is 2. The van der Waals surface area contributed by atoms with Crippen molar-refractivity contribution in [2.45, 2.75) is 20.8 Å². The molecule has 2 N–H and O–H groups in total. The molecule has 0 atom stereocenters. The van der Waals surface area contributed by atoms with Crippen molar-refractivity contribution in [3.8, 4) is 0 Å². The molecule has 2 aromatic rings. The fourth-order valence-electron chi connectivity index (χ4n) is 1.83. The maximum atomic E-state index is 11.8. The topological polar surface area (TPSA) is 58.2 Å². The molecule has 0 aliphatic rings. The van der Waals surface area contributed by atoms with Gasteiger partial charge in [-0.2, -0.15) is 0 Å². The van der Waals surface area contributed by atoms with Crippen LogP contribution in [0.2, 0.25) is 0 Å². The number of thiophene rings is 1. The average molecular weight is 302 g/mol. The van der Waals surface area contributed by atoms with E-state index in [4.69, 9.17) is 0 Å². The van der Waals surface area contributed by atoms with Crippen LogP contribution >= 0.6 is 11.3 Å². The van der Waals surface area contributed by atoms with Crippen molar-refractivity contribution in [2.24, 2.45) is 0 Å². The minimum Gasteiger partial charge on any atom is -0.342 e. The second kappa shape index (κ2) is 6.54. The van der Waals surface area contributed by atoms with E-state index in [1.807, 2.05) is 45.0 Å². The van der Waals surface area contributed by atoms with Gasteiger partial charge in [0.2, 0.25) is 5.91 Å². The van der Waals surface area contributed by atoms with Crippen LogP contribution in [0.25, 0.3) is 0 Å². The van der Waals surface area contributed by atoms with Gasteiger partial charge in [-0.05, 0) is 56.2 Å². The number of amides is 2. The molecule has 1 aromatic carbocycles. The third-order valence-electron chi connectivity index (χ3n) is 3.16. The van der Waals surface area contributed by atoms with Crippen molar-refractivity contribution in [2.75, 3.05) is 11.9 Å². The number of benzene rings is 1. The zero-order valence-electron chi connectivity index (χ0n) is 12.3. The molecule has 0 bridgehead atoms. The number of aryl methyl sites for hydroxylation is 3. The number of rotatable bonds is 4. The minimum absolute atomic E-state index is 0.0390. The van der Waals surface area contributed by atoms with Gasteiger partial charge < -0.3 is 10.6 Å². The Hall–Kier alpha value is -2.14. The van der Waals surface area contributed by atoms with E-state index in [9.17, 15) is 9.59 Å². The smallest absolute Gasteiger partial charge is 0.261 e. The fraction of sp³-hybridized carbons (Fsp3) is 0.250.